The number of carbonyl (C=O) groups excluding carboxylic acids is 4. The van der Waals surface area contributed by atoms with Crippen LogP contribution in [0.5, 0.6) is 5.75 Å². The zero-order chi connectivity index (χ0) is 41.9. The third-order valence-corrected chi connectivity index (χ3v) is 13.0. The first-order chi connectivity index (χ1) is 27.2. The molecule has 308 valence electrons. The summed E-state index contributed by atoms with van der Waals surface area (Å²) in [6.45, 7) is 14.5. The van der Waals surface area contributed by atoms with Crippen molar-refractivity contribution in [3.05, 3.63) is 72.3 Å². The normalized spacial score (nSPS) is 22.7. The summed E-state index contributed by atoms with van der Waals surface area (Å²) in [7, 11) is -3.92. The lowest BCUT2D eigenvalue weighted by molar-refractivity contribution is -0.161. The minimum absolute atomic E-state index is 0.00571. The molecule has 2 aliphatic carbocycles. The van der Waals surface area contributed by atoms with Crippen molar-refractivity contribution in [1.29, 1.82) is 0 Å². The smallest absolute Gasteiger partial charge is 0.307 e. The largest absolute Gasteiger partial charge is 0.484 e. The lowest BCUT2D eigenvalue weighted by Crippen LogP contribution is -2.57. The molecular weight excluding hydrogens is 784 g/mol. The predicted molar refractivity (Wildman–Crippen MR) is 219 cm³/mol. The first kappa shape index (κ1) is 41.2. The van der Waals surface area contributed by atoms with Gasteiger partial charge in [0.2, 0.25) is 21.8 Å². The molecule has 7 rings (SSSR count). The van der Waals surface area contributed by atoms with Gasteiger partial charge in [0.15, 0.2) is 11.3 Å². The predicted octanol–water partition coefficient (Wildman–Crippen LogP) is 6.71. The summed E-state index contributed by atoms with van der Waals surface area (Å²) in [5, 5.41) is 3.34. The van der Waals surface area contributed by atoms with E-state index in [0.717, 1.165) is 5.56 Å². The van der Waals surface area contributed by atoms with E-state index in [1.165, 1.54) is 11.0 Å². The summed E-state index contributed by atoms with van der Waals surface area (Å²) in [6.07, 6.45) is 1.51. The third-order valence-electron chi connectivity index (χ3n) is 10.9. The molecule has 0 bridgehead atoms. The number of nitrogens with one attached hydrogen (secondary N) is 2. The molecule has 1 aliphatic heterocycles. The Morgan fingerprint density at radius 3 is 2.40 bits per heavy atom. The van der Waals surface area contributed by atoms with Crippen LogP contribution >= 0.6 is 11.6 Å². The number of sulfonamides is 1. The number of benzene rings is 2. The van der Waals surface area contributed by atoms with E-state index in [1.807, 2.05) is 51.1 Å². The first-order valence-electron chi connectivity index (χ1n) is 19.5. The number of esters is 1. The van der Waals surface area contributed by atoms with Crippen LogP contribution in [0.1, 0.15) is 73.6 Å². The average Bonchev–Trinajstić information content (AvgIpc) is 4.05. The van der Waals surface area contributed by atoms with Crippen LogP contribution in [0, 0.1) is 17.3 Å². The molecule has 2 N–H and O–H groups in total. The Balaban J connectivity index is 1.24. The van der Waals surface area contributed by atoms with Gasteiger partial charge in [-0.2, -0.15) is 0 Å². The molecule has 2 aromatic carbocycles. The fourth-order valence-electron chi connectivity index (χ4n) is 7.61. The fourth-order valence-corrected chi connectivity index (χ4v) is 9.15. The molecule has 3 aliphatic rings. The Labute approximate surface area is 342 Å². The Morgan fingerprint density at radius 1 is 1.07 bits per heavy atom. The number of hydrogen-bond acceptors (Lipinski definition) is 10. The molecule has 4 aromatic rings. The number of carbonyl (C=O) groups is 4. The minimum atomic E-state index is -3.92. The van der Waals surface area contributed by atoms with Gasteiger partial charge in [-0.05, 0) is 63.6 Å². The van der Waals surface area contributed by atoms with Crippen LogP contribution in [0.4, 0.5) is 0 Å². The highest BCUT2D eigenvalue weighted by atomic mass is 35.5. The van der Waals surface area contributed by atoms with Crippen LogP contribution in [0.3, 0.4) is 0 Å². The van der Waals surface area contributed by atoms with E-state index in [1.54, 1.807) is 45.0 Å². The second-order valence-corrected chi connectivity index (χ2v) is 20.1. The molecule has 0 unspecified atom stereocenters. The number of rotatable bonds is 12. The lowest BCUT2D eigenvalue weighted by Gasteiger charge is -2.35. The number of nitrogens with zero attached hydrogens (tertiary/aromatic N) is 2. The monoisotopic (exact) mass is 832 g/mol. The van der Waals surface area contributed by atoms with Gasteiger partial charge in [0.25, 0.3) is 5.91 Å². The van der Waals surface area contributed by atoms with Gasteiger partial charge in [-0.25, -0.2) is 13.4 Å². The van der Waals surface area contributed by atoms with Crippen LogP contribution < -0.4 is 14.8 Å². The minimum Gasteiger partial charge on any atom is -0.484 e. The molecule has 58 heavy (non-hydrogen) atoms. The number of ether oxygens (including phenoxy) is 2. The molecular formula is C43H49ClN4O9S. The zero-order valence-electron chi connectivity index (χ0n) is 33.5. The van der Waals surface area contributed by atoms with Crippen LogP contribution in [-0.4, -0.2) is 77.1 Å². The Hall–Kier alpha value is -4.95. The average molecular weight is 833 g/mol. The standard InChI is InChI=1S/C43H49ClN4O9S/c1-8-25-22-43(25,40(52)47-58(53,54)28-15-16-28)46-38(50)32-19-27(23-48(32)39(51)30(41(2,3)4)20-35(49)57-42(5,6)7)55-34-21-31(24-12-10-9-11-13-24)45-36-29-18-26(44)14-17-33(29)56-37(34)36/h8-14,17-18,21,25,27-28,30,32H,1,15-16,19-20,22-23H2,2-7H3,(H,46,50)(H,47,52)/t25-,27-,30-,32+,43-/m1/s1. The lowest BCUT2D eigenvalue weighted by atomic mass is 9.77. The number of fused-ring (bicyclic) bond motifs is 3. The van der Waals surface area contributed by atoms with Gasteiger partial charge >= 0.3 is 5.97 Å². The number of likely N-dealkylation sites (tertiary alicyclic amines) is 1. The number of aromatic nitrogens is 1. The number of furan rings is 1. The molecule has 3 heterocycles. The molecule has 0 spiro atoms. The van der Waals surface area contributed by atoms with E-state index in [9.17, 15) is 27.6 Å². The van der Waals surface area contributed by atoms with Gasteiger partial charge in [-0.15, -0.1) is 6.58 Å². The summed E-state index contributed by atoms with van der Waals surface area (Å²) in [6, 6.07) is 15.3. The van der Waals surface area contributed by atoms with Crippen LogP contribution in [0.25, 0.3) is 33.3 Å². The summed E-state index contributed by atoms with van der Waals surface area (Å²) in [4.78, 5) is 62.4. The van der Waals surface area contributed by atoms with Gasteiger partial charge in [-0.3, -0.25) is 23.9 Å². The van der Waals surface area contributed by atoms with Gasteiger partial charge in [-0.1, -0.05) is 68.8 Å². The van der Waals surface area contributed by atoms with E-state index in [-0.39, 0.29) is 25.8 Å². The SMILES string of the molecule is C=C[C@@H]1C[C@]1(NC(=O)[C@@H]1C[C@@H](Oc2cc(-c3ccccc3)nc3c2oc2ccc(Cl)cc23)CN1C(=O)[C@@H](CC(=O)OC(C)(C)C)C(C)(C)C)C(=O)NS(=O)(=O)C1CC1. The van der Waals surface area contributed by atoms with Gasteiger partial charge in [0, 0.05) is 34.4 Å². The Morgan fingerprint density at radius 2 is 1.78 bits per heavy atom. The highest BCUT2D eigenvalue weighted by molar-refractivity contribution is 7.91. The summed E-state index contributed by atoms with van der Waals surface area (Å²) >= 11 is 6.39. The van der Waals surface area contributed by atoms with E-state index in [2.05, 4.69) is 16.6 Å². The van der Waals surface area contributed by atoms with Crippen molar-refractivity contribution in [3.63, 3.8) is 0 Å². The van der Waals surface area contributed by atoms with Gasteiger partial charge in [0.1, 0.15) is 34.4 Å². The van der Waals surface area contributed by atoms with Crippen molar-refractivity contribution in [1.82, 2.24) is 19.9 Å². The van der Waals surface area contributed by atoms with E-state index < -0.39 is 79.5 Å². The van der Waals surface area contributed by atoms with Crippen LogP contribution in [0.15, 0.2) is 71.7 Å². The zero-order valence-corrected chi connectivity index (χ0v) is 35.0. The molecule has 13 nitrogen and oxygen atoms in total. The highest BCUT2D eigenvalue weighted by Crippen LogP contribution is 2.46. The van der Waals surface area contributed by atoms with E-state index in [0.29, 0.717) is 51.4 Å². The maximum absolute atomic E-state index is 14.8. The molecule has 3 amide bonds. The third kappa shape index (κ3) is 8.45. The summed E-state index contributed by atoms with van der Waals surface area (Å²) < 4.78 is 46.4. The molecule has 15 heteroatoms. The summed E-state index contributed by atoms with van der Waals surface area (Å²) in [5.41, 5.74) is -0.311. The van der Waals surface area contributed by atoms with Gasteiger partial charge in [0.05, 0.1) is 29.8 Å². The molecule has 2 aromatic heterocycles. The van der Waals surface area contributed by atoms with Gasteiger partial charge < -0.3 is 24.1 Å². The highest BCUT2D eigenvalue weighted by Gasteiger charge is 2.62. The quantitative estimate of drug-likeness (QED) is 0.115. The maximum atomic E-state index is 14.8. The van der Waals surface area contributed by atoms with Crippen molar-refractivity contribution in [2.75, 3.05) is 6.54 Å². The van der Waals surface area contributed by atoms with Crippen LogP contribution in [0.2, 0.25) is 5.02 Å². The van der Waals surface area contributed by atoms with Crippen molar-refractivity contribution in [3.8, 4) is 17.0 Å². The second-order valence-electron chi connectivity index (χ2n) is 17.7. The Bertz CT molecular complexity index is 2420. The molecule has 0 radical (unpaired) electrons. The topological polar surface area (TPSA) is 174 Å². The van der Waals surface area contributed by atoms with Crippen molar-refractivity contribution < 1.29 is 41.5 Å². The van der Waals surface area contributed by atoms with Crippen LogP contribution in [-0.2, 0) is 33.9 Å². The molecule has 1 saturated heterocycles. The number of halogens is 1. The van der Waals surface area contributed by atoms with E-state index >= 15 is 0 Å². The fraction of sp³-hybridized carbons (Fsp3) is 0.465. The van der Waals surface area contributed by atoms with Crippen molar-refractivity contribution >= 4 is 67.4 Å². The number of amides is 3. The molecule has 5 atom stereocenters. The maximum Gasteiger partial charge on any atom is 0.307 e. The van der Waals surface area contributed by atoms with Crippen molar-refractivity contribution in [2.24, 2.45) is 17.3 Å². The second kappa shape index (κ2) is 15.0. The summed E-state index contributed by atoms with van der Waals surface area (Å²) in [5.74, 6) is -3.68. The van der Waals surface area contributed by atoms with E-state index in [4.69, 9.17) is 30.5 Å². The van der Waals surface area contributed by atoms with Crippen molar-refractivity contribution in [2.45, 2.75) is 102 Å². The first-order valence-corrected chi connectivity index (χ1v) is 21.4. The number of pyridine rings is 1. The molecule has 2 saturated carbocycles. The Kier molecular flexibility index (Phi) is 10.7. The molecule has 3 fully saturated rings. The number of hydrogen-bond donors (Lipinski definition) is 2.